The minimum absolute atomic E-state index is 0. The van der Waals surface area contributed by atoms with Crippen molar-refractivity contribution >= 4 is 29.2 Å². The van der Waals surface area contributed by atoms with Crippen molar-refractivity contribution in [3.05, 3.63) is 87.5 Å². The number of nitrogens with one attached hydrogen (secondary N) is 1. The fourth-order valence-electron chi connectivity index (χ4n) is 9.82. The number of benzene rings is 3. The molecular formula is C46H57N3O13. The highest BCUT2D eigenvalue weighted by Crippen LogP contribution is 2.53. The first-order valence-corrected chi connectivity index (χ1v) is 21.1. The maximum Gasteiger partial charge on any atom is 0.307 e. The van der Waals surface area contributed by atoms with Crippen molar-refractivity contribution in [3.63, 3.8) is 0 Å². The Labute approximate surface area is 360 Å². The normalized spacial score (nSPS) is 27.6. The highest BCUT2D eigenvalue weighted by Gasteiger charge is 2.50. The van der Waals surface area contributed by atoms with Gasteiger partial charge in [0.25, 0.3) is 0 Å². The number of aliphatic hydroxyl groups is 2. The molecule has 7 rings (SSSR count). The van der Waals surface area contributed by atoms with E-state index in [0.717, 1.165) is 19.3 Å². The molecule has 1 heterocycles. The number of rotatable bonds is 13. The molecule has 10 atom stereocenters. The number of carbonyl (C=O) groups excluding carboxylic acids is 3. The number of carbonyl (C=O) groups is 4. The molecule has 3 aliphatic carbocycles. The summed E-state index contributed by atoms with van der Waals surface area (Å²) in [4.78, 5) is 54.4. The maximum absolute atomic E-state index is 14.2. The van der Waals surface area contributed by atoms with E-state index in [9.17, 15) is 44.7 Å². The van der Waals surface area contributed by atoms with E-state index in [2.05, 4.69) is 10.5 Å². The third-order valence-corrected chi connectivity index (χ3v) is 13.1. The molecule has 0 radical (unpaired) electrons. The predicted octanol–water partition coefficient (Wildman–Crippen LogP) is 4.51. The number of fused-ring (bicyclic) bond motifs is 3. The predicted molar refractivity (Wildman–Crippen MR) is 225 cm³/mol. The molecule has 0 spiro atoms. The molecule has 3 aromatic rings. The lowest BCUT2D eigenvalue weighted by molar-refractivity contribution is -0.214. The van der Waals surface area contributed by atoms with Crippen LogP contribution in [0, 0.1) is 17.8 Å². The summed E-state index contributed by atoms with van der Waals surface area (Å²) >= 11 is 0. The summed E-state index contributed by atoms with van der Waals surface area (Å²) in [7, 11) is 1.34. The average molecular weight is 860 g/mol. The first kappa shape index (κ1) is 44.8. The van der Waals surface area contributed by atoms with Gasteiger partial charge in [0.15, 0.2) is 12.1 Å². The fraction of sp³-hybridized carbons (Fsp3) is 0.500. The number of amides is 1. The number of methoxy groups -OCH3 is 1. The molecule has 8 N–H and O–H groups in total. The zero-order chi connectivity index (χ0) is 44.6. The van der Waals surface area contributed by atoms with Gasteiger partial charge < -0.3 is 50.2 Å². The molecule has 16 heteroatoms. The molecule has 0 bridgehead atoms. The maximum atomic E-state index is 14.2. The zero-order valence-electron chi connectivity index (χ0n) is 35.2. The van der Waals surface area contributed by atoms with E-state index in [1.165, 1.54) is 32.2 Å². The Morgan fingerprint density at radius 2 is 1.73 bits per heavy atom. The quantitative estimate of drug-likeness (QED) is 0.0555. The van der Waals surface area contributed by atoms with E-state index < -0.39 is 107 Å². The molecule has 1 amide bonds. The molecule has 334 valence electrons. The highest BCUT2D eigenvalue weighted by molar-refractivity contribution is 6.31. The number of aliphatic carboxylic acids is 1. The Morgan fingerprint density at radius 1 is 1.00 bits per heavy atom. The van der Waals surface area contributed by atoms with Crippen molar-refractivity contribution in [1.82, 2.24) is 5.43 Å². The second-order valence-electron chi connectivity index (χ2n) is 17.1. The molecular weight excluding hydrogens is 803 g/mol. The smallest absolute Gasteiger partial charge is 0.307 e. The summed E-state index contributed by atoms with van der Waals surface area (Å²) in [6.45, 7) is 4.78. The van der Waals surface area contributed by atoms with Crippen LogP contribution in [-0.2, 0) is 30.2 Å². The number of ketones is 2. The Morgan fingerprint density at radius 3 is 2.37 bits per heavy atom. The van der Waals surface area contributed by atoms with Crippen LogP contribution in [0.3, 0.4) is 0 Å². The number of aliphatic hydroxyl groups excluding tert-OH is 1. The summed E-state index contributed by atoms with van der Waals surface area (Å²) in [6.07, 6.45) is -0.208. The molecule has 3 aromatic carbocycles. The lowest BCUT2D eigenvalue weighted by Crippen LogP contribution is -2.52. The van der Waals surface area contributed by atoms with E-state index in [1.807, 2.05) is 6.92 Å². The van der Waals surface area contributed by atoms with Crippen LogP contribution in [0.1, 0.15) is 121 Å². The summed E-state index contributed by atoms with van der Waals surface area (Å²) < 4.78 is 24.3. The summed E-state index contributed by atoms with van der Waals surface area (Å²) in [6, 6.07) is 12.8. The van der Waals surface area contributed by atoms with Crippen LogP contribution < -0.4 is 15.9 Å². The van der Waals surface area contributed by atoms with Crippen molar-refractivity contribution in [2.75, 3.05) is 20.3 Å². The van der Waals surface area contributed by atoms with Gasteiger partial charge in [-0.3, -0.25) is 19.2 Å². The lowest BCUT2D eigenvalue weighted by atomic mass is 9.71. The molecule has 2 fully saturated rings. The van der Waals surface area contributed by atoms with Gasteiger partial charge in [0.05, 0.1) is 66.3 Å². The molecule has 0 aromatic heterocycles. The average Bonchev–Trinajstić information content (AvgIpc) is 3.25. The zero-order valence-corrected chi connectivity index (χ0v) is 35.2. The number of carboxylic acid groups (broad SMARTS) is 1. The Balaban J connectivity index is 0.00000661. The Kier molecular flexibility index (Phi) is 13.2. The van der Waals surface area contributed by atoms with Gasteiger partial charge in [-0.15, -0.1) is 0 Å². The van der Waals surface area contributed by atoms with Gasteiger partial charge in [0.1, 0.15) is 22.8 Å². The van der Waals surface area contributed by atoms with Crippen LogP contribution in [0.4, 0.5) is 0 Å². The van der Waals surface area contributed by atoms with E-state index in [1.54, 1.807) is 37.3 Å². The van der Waals surface area contributed by atoms with Gasteiger partial charge in [-0.2, -0.15) is 5.10 Å². The van der Waals surface area contributed by atoms with E-state index >= 15 is 0 Å². The van der Waals surface area contributed by atoms with Gasteiger partial charge >= 0.3 is 5.97 Å². The topological polar surface area (TPSA) is 257 Å². The number of hydrogen-bond donors (Lipinski definition) is 7. The van der Waals surface area contributed by atoms with E-state index in [4.69, 9.17) is 24.7 Å². The Bertz CT molecular complexity index is 2240. The van der Waals surface area contributed by atoms with Crippen LogP contribution in [0.15, 0.2) is 53.6 Å². The second-order valence-corrected chi connectivity index (χ2v) is 17.1. The second kappa shape index (κ2) is 18.2. The molecule has 1 saturated heterocycles. The summed E-state index contributed by atoms with van der Waals surface area (Å²) in [5.74, 6) is -7.78. The van der Waals surface area contributed by atoms with Crippen molar-refractivity contribution < 1.29 is 65.1 Å². The van der Waals surface area contributed by atoms with E-state index in [-0.39, 0.29) is 59.9 Å². The molecule has 62 heavy (non-hydrogen) atoms. The molecule has 4 unspecified atom stereocenters. The molecule has 4 aliphatic rings. The van der Waals surface area contributed by atoms with Crippen molar-refractivity contribution in [1.29, 1.82) is 0 Å². The monoisotopic (exact) mass is 859 g/mol. The SMILES string of the molecule is COc1cccc2c1C(=O)c1c(O)c3c(c(O)c1C2=O)C[C@@](O)(C(CO)=NNC(=O)C(C(C)C(=O)O)C(C)c1ccccc1)C[C@@H]3O[C@@H]1CC(C)[C@@H](O[C@@H]2CCCCO2)[C@H](N)C1.[HH]. The van der Waals surface area contributed by atoms with Crippen LogP contribution in [0.25, 0.3) is 0 Å². The van der Waals surface area contributed by atoms with Gasteiger partial charge in [-0.05, 0) is 55.6 Å². The third kappa shape index (κ3) is 8.34. The van der Waals surface area contributed by atoms with E-state index in [0.29, 0.717) is 18.6 Å². The minimum Gasteiger partial charge on any atom is -0.507 e. The standard InChI is InChI=1S/C46H55N3O13.H2/c1-22-17-26(18-29(47)43(22)62-33-15-8-9-16-60-33)61-31-20-46(58,32(21-50)48-49-44(55)34(24(3)45(56)57)23(2)25-11-6-5-7-12-25)19-28-36(31)42(54)38-37(40(28)52)39(51)27-13-10-14-30(59-4)35(27)41(38)53;/h5-7,10-14,22-24,26,29,31,33-34,43,50,52,54,58H,8-9,15-21,47H2,1-4H3,(H,49,55)(H,56,57);1H/t22?,23?,24?,26-,29-,31+,33-,34?,43-,46+;/m1./s1. The number of hydrogen-bond acceptors (Lipinski definition) is 14. The van der Waals surface area contributed by atoms with Crippen LogP contribution >= 0.6 is 0 Å². The number of phenolic OH excluding ortho intramolecular Hbond substituents is 2. The van der Waals surface area contributed by atoms with Gasteiger partial charge in [0.2, 0.25) is 11.7 Å². The van der Waals surface area contributed by atoms with Crippen molar-refractivity contribution in [2.45, 2.75) is 108 Å². The number of carboxylic acids is 1. The molecule has 16 nitrogen and oxygen atoms in total. The van der Waals surface area contributed by atoms with Gasteiger partial charge in [0, 0.05) is 43.6 Å². The van der Waals surface area contributed by atoms with Crippen LogP contribution in [0.2, 0.25) is 0 Å². The number of nitrogens with two attached hydrogens (primary N) is 1. The first-order valence-electron chi connectivity index (χ1n) is 21.1. The van der Waals surface area contributed by atoms with Crippen LogP contribution in [-0.4, -0.2) is 105 Å². The third-order valence-electron chi connectivity index (χ3n) is 13.1. The number of phenols is 2. The fourth-order valence-corrected chi connectivity index (χ4v) is 9.82. The largest absolute Gasteiger partial charge is 0.507 e. The summed E-state index contributed by atoms with van der Waals surface area (Å²) in [5.41, 5.74) is 5.96. The minimum atomic E-state index is -2.20. The number of aromatic hydroxyl groups is 2. The first-order chi connectivity index (χ1) is 29.6. The van der Waals surface area contributed by atoms with Crippen molar-refractivity contribution in [2.24, 2.45) is 28.6 Å². The number of ether oxygens (including phenoxy) is 4. The van der Waals surface area contributed by atoms with Gasteiger partial charge in [-0.25, -0.2) is 5.43 Å². The van der Waals surface area contributed by atoms with Gasteiger partial charge in [-0.1, -0.05) is 63.2 Å². The van der Waals surface area contributed by atoms with Crippen molar-refractivity contribution in [3.8, 4) is 17.2 Å². The van der Waals surface area contributed by atoms with Crippen LogP contribution in [0.5, 0.6) is 17.2 Å². The molecule has 1 saturated carbocycles. The number of hydrazone groups is 1. The lowest BCUT2D eigenvalue weighted by Gasteiger charge is -2.44. The highest BCUT2D eigenvalue weighted by atomic mass is 16.7. The molecule has 1 aliphatic heterocycles. The summed E-state index contributed by atoms with van der Waals surface area (Å²) in [5, 5.41) is 61.7. The number of nitrogens with zero attached hydrogens (tertiary/aromatic N) is 1. The Hall–Kier alpha value is -5.23.